The maximum Gasteiger partial charge on any atom is 0.416 e. The first kappa shape index (κ1) is 27.1. The number of amides is 1. The van der Waals surface area contributed by atoms with Gasteiger partial charge in [-0.25, -0.2) is 4.80 Å². The molecular weight excluding hydrogens is 519 g/mol. The fourth-order valence-corrected chi connectivity index (χ4v) is 6.78. The van der Waals surface area contributed by atoms with E-state index in [9.17, 15) is 18.0 Å². The number of rotatable bonds is 7. The molecule has 2 heterocycles. The predicted octanol–water partition coefficient (Wildman–Crippen LogP) is 5.63. The second kappa shape index (κ2) is 9.21. The fraction of sp³-hybridized carbons (Fsp3) is 0.533. The lowest BCUT2D eigenvalue weighted by molar-refractivity contribution is -0.138. The third-order valence-electron chi connectivity index (χ3n) is 9.50. The minimum Gasteiger partial charge on any atom is -0.381 e. The molecule has 1 aromatic heterocycles. The number of aryl methyl sites for hydroxylation is 1. The summed E-state index contributed by atoms with van der Waals surface area (Å²) in [6.45, 7) is 3.85. The van der Waals surface area contributed by atoms with Crippen molar-refractivity contribution in [2.45, 2.75) is 81.8 Å². The molecular formula is C30H36F3N5O2. The van der Waals surface area contributed by atoms with Crippen molar-refractivity contribution in [3.05, 3.63) is 70.0 Å². The highest BCUT2D eigenvalue weighted by atomic mass is 19.4. The van der Waals surface area contributed by atoms with Gasteiger partial charge in [0.1, 0.15) is 0 Å². The molecule has 2 aliphatic carbocycles. The van der Waals surface area contributed by atoms with Crippen molar-refractivity contribution in [1.82, 2.24) is 19.9 Å². The van der Waals surface area contributed by atoms with Gasteiger partial charge in [0.15, 0.2) is 5.82 Å². The maximum atomic E-state index is 14.3. The Bertz CT molecular complexity index is 1460. The van der Waals surface area contributed by atoms with Crippen molar-refractivity contribution in [2.75, 3.05) is 12.0 Å². The Morgan fingerprint density at radius 2 is 1.88 bits per heavy atom. The molecule has 1 N–H and O–H groups in total. The number of fused-ring (bicyclic) bond motifs is 1. The third-order valence-corrected chi connectivity index (χ3v) is 9.50. The largest absolute Gasteiger partial charge is 0.416 e. The Morgan fingerprint density at radius 3 is 2.45 bits per heavy atom. The number of carbonyl (C=O) groups is 1. The molecule has 0 bridgehead atoms. The minimum atomic E-state index is -4.57. The van der Waals surface area contributed by atoms with Gasteiger partial charge in [0, 0.05) is 44.0 Å². The zero-order chi connectivity index (χ0) is 28.6. The molecule has 1 atom stereocenters. The summed E-state index contributed by atoms with van der Waals surface area (Å²) in [7, 11) is 5.51. The highest BCUT2D eigenvalue weighted by Crippen LogP contribution is 2.51. The lowest BCUT2D eigenvalue weighted by atomic mass is 9.61. The smallest absolute Gasteiger partial charge is 0.381 e. The second-order valence-corrected chi connectivity index (χ2v) is 12.1. The standard InChI is InChI=1S/C30H36F3N5O2/c1-18(34-28(2)10-7-11-28)19-12-23-24(25(13-19)30(31,32)33)17-38(26(23)39)21-9-6-8-20(14-21)29(15-22(16-29)40-5)27-35-37(4)36(27)3/h6,8-9,12-14,18,22,34H,7,10-11,15-17H2,1-5H3/t18-,22?,29?/m1/s1. The normalized spacial score (nSPS) is 24.6. The Morgan fingerprint density at radius 1 is 1.15 bits per heavy atom. The maximum absolute atomic E-state index is 14.3. The number of hydrogen-bond donors (Lipinski definition) is 1. The second-order valence-electron chi connectivity index (χ2n) is 12.1. The number of ether oxygens (including phenoxy) is 1. The third kappa shape index (κ3) is 4.18. The molecule has 0 unspecified atom stereocenters. The average molecular weight is 556 g/mol. The monoisotopic (exact) mass is 555 g/mol. The number of methoxy groups -OCH3 is 1. The van der Waals surface area contributed by atoms with Crippen LogP contribution in [-0.2, 0) is 37.0 Å². The first-order chi connectivity index (χ1) is 18.8. The van der Waals surface area contributed by atoms with Crippen LogP contribution in [0.25, 0.3) is 0 Å². The molecule has 2 aromatic carbocycles. The van der Waals surface area contributed by atoms with Gasteiger partial charge in [0.05, 0.1) is 23.6 Å². The number of anilines is 1. The van der Waals surface area contributed by atoms with Gasteiger partial charge in [-0.1, -0.05) is 12.1 Å². The summed E-state index contributed by atoms with van der Waals surface area (Å²) in [6, 6.07) is 10.2. The zero-order valence-corrected chi connectivity index (χ0v) is 23.6. The van der Waals surface area contributed by atoms with Gasteiger partial charge in [0.25, 0.3) is 5.91 Å². The van der Waals surface area contributed by atoms with Gasteiger partial charge < -0.3 is 15.0 Å². The lowest BCUT2D eigenvalue weighted by Crippen LogP contribution is -2.51. The molecule has 214 valence electrons. The van der Waals surface area contributed by atoms with Crippen LogP contribution >= 0.6 is 0 Å². The first-order valence-corrected chi connectivity index (χ1v) is 13.9. The molecule has 1 amide bonds. The number of halogens is 3. The van der Waals surface area contributed by atoms with E-state index in [4.69, 9.17) is 4.74 Å². The van der Waals surface area contributed by atoms with Crippen molar-refractivity contribution in [2.24, 2.45) is 14.1 Å². The van der Waals surface area contributed by atoms with Crippen LogP contribution in [-0.4, -0.2) is 39.2 Å². The topological polar surface area (TPSA) is 64.3 Å². The van der Waals surface area contributed by atoms with Gasteiger partial charge in [0.2, 0.25) is 0 Å². The van der Waals surface area contributed by atoms with Gasteiger partial charge in [-0.15, -0.1) is 5.10 Å². The number of nitrogens with zero attached hydrogens (tertiary/aromatic N) is 4. The lowest BCUT2D eigenvalue weighted by Gasteiger charge is -2.48. The van der Waals surface area contributed by atoms with E-state index in [0.29, 0.717) is 11.3 Å². The van der Waals surface area contributed by atoms with Gasteiger partial charge in [-0.05, 0) is 86.9 Å². The number of benzene rings is 2. The summed E-state index contributed by atoms with van der Waals surface area (Å²) in [4.78, 5) is 17.0. The van der Waals surface area contributed by atoms with E-state index < -0.39 is 17.6 Å². The first-order valence-electron chi connectivity index (χ1n) is 13.9. The zero-order valence-electron chi connectivity index (χ0n) is 23.6. The summed E-state index contributed by atoms with van der Waals surface area (Å²) >= 11 is 0. The fourth-order valence-electron chi connectivity index (χ4n) is 6.78. The van der Waals surface area contributed by atoms with E-state index in [2.05, 4.69) is 17.3 Å². The number of nitrogens with one attached hydrogen (secondary N) is 1. The van der Waals surface area contributed by atoms with Gasteiger partial charge in [-0.2, -0.15) is 13.2 Å². The van der Waals surface area contributed by atoms with E-state index in [1.165, 1.54) is 11.0 Å². The number of carbonyl (C=O) groups excluding carboxylic acids is 1. The van der Waals surface area contributed by atoms with E-state index in [0.717, 1.165) is 43.5 Å². The van der Waals surface area contributed by atoms with Crippen LogP contribution in [0.2, 0.25) is 0 Å². The summed E-state index contributed by atoms with van der Waals surface area (Å²) in [5.74, 6) is 0.513. The van der Waals surface area contributed by atoms with Crippen LogP contribution in [0.1, 0.15) is 90.4 Å². The number of hydrogen-bond acceptors (Lipinski definition) is 4. The average Bonchev–Trinajstić information content (AvgIpc) is 3.21. The van der Waals surface area contributed by atoms with Crippen LogP contribution in [0.4, 0.5) is 18.9 Å². The van der Waals surface area contributed by atoms with Crippen LogP contribution in [0.3, 0.4) is 0 Å². The molecule has 0 saturated heterocycles. The summed E-state index contributed by atoms with van der Waals surface area (Å²) in [5.41, 5.74) is 1.02. The molecule has 3 aromatic rings. The number of aromatic nitrogens is 3. The highest BCUT2D eigenvalue weighted by molar-refractivity contribution is 6.10. The van der Waals surface area contributed by atoms with E-state index in [1.807, 2.05) is 43.9 Å². The molecule has 6 rings (SSSR count). The predicted molar refractivity (Wildman–Crippen MR) is 145 cm³/mol. The van der Waals surface area contributed by atoms with E-state index in [1.54, 1.807) is 24.0 Å². The molecule has 2 fully saturated rings. The SMILES string of the molecule is COC1CC(c2cccc(N3Cc4c(cc([C@@H](C)NC5(C)CCC5)cc4C(F)(F)F)C3=O)c2)(c2nn(C)n2C)C1. The Hall–Kier alpha value is -3.11. The van der Waals surface area contributed by atoms with Crippen molar-refractivity contribution < 1.29 is 22.7 Å². The van der Waals surface area contributed by atoms with Gasteiger partial charge >= 0.3 is 6.18 Å². The molecule has 40 heavy (non-hydrogen) atoms. The van der Waals surface area contributed by atoms with Gasteiger partial charge in [-0.3, -0.25) is 9.48 Å². The van der Waals surface area contributed by atoms with Crippen molar-refractivity contribution in [1.29, 1.82) is 0 Å². The Labute approximate surface area is 232 Å². The van der Waals surface area contributed by atoms with Crippen molar-refractivity contribution in [3.63, 3.8) is 0 Å². The van der Waals surface area contributed by atoms with E-state index >= 15 is 0 Å². The highest BCUT2D eigenvalue weighted by Gasteiger charge is 2.51. The molecule has 2 saturated carbocycles. The summed E-state index contributed by atoms with van der Waals surface area (Å²) < 4.78 is 50.5. The molecule has 3 aliphatic rings. The number of alkyl halides is 3. The molecule has 7 nitrogen and oxygen atoms in total. The van der Waals surface area contributed by atoms with Crippen LogP contribution in [0, 0.1) is 0 Å². The summed E-state index contributed by atoms with van der Waals surface area (Å²) in [5, 5.41) is 8.11. The quantitative estimate of drug-likeness (QED) is 0.411. The van der Waals surface area contributed by atoms with E-state index in [-0.39, 0.29) is 40.8 Å². The molecule has 10 heteroatoms. The Kier molecular flexibility index (Phi) is 6.23. The molecule has 1 aliphatic heterocycles. The molecule has 0 spiro atoms. The summed E-state index contributed by atoms with van der Waals surface area (Å²) in [6.07, 6.45) is 0.0867. The minimum absolute atomic E-state index is 0.0382. The van der Waals surface area contributed by atoms with Crippen molar-refractivity contribution in [3.8, 4) is 0 Å². The van der Waals surface area contributed by atoms with Crippen LogP contribution in [0.5, 0.6) is 0 Å². The molecule has 0 radical (unpaired) electrons. The van der Waals surface area contributed by atoms with Crippen LogP contribution < -0.4 is 10.2 Å². The van der Waals surface area contributed by atoms with Crippen LogP contribution in [0.15, 0.2) is 36.4 Å². The van der Waals surface area contributed by atoms with Crippen molar-refractivity contribution >= 4 is 11.6 Å². The Balaban J connectivity index is 1.35.